The molecule has 6 nitrogen and oxygen atoms in total. The van der Waals surface area contributed by atoms with Crippen molar-refractivity contribution in [2.24, 2.45) is 0 Å². The van der Waals surface area contributed by atoms with Gasteiger partial charge in [-0.3, -0.25) is 9.89 Å². The summed E-state index contributed by atoms with van der Waals surface area (Å²) in [6.07, 6.45) is 6.68. The van der Waals surface area contributed by atoms with Gasteiger partial charge in [0.2, 0.25) is 5.91 Å². The maximum absolute atomic E-state index is 12.2. The predicted octanol–water partition coefficient (Wildman–Crippen LogP) is 1.67. The summed E-state index contributed by atoms with van der Waals surface area (Å²) in [6, 6.07) is 0.0264. The third-order valence-electron chi connectivity index (χ3n) is 3.44. The number of nitrogens with one attached hydrogen (secondary N) is 1. The average Bonchev–Trinajstić information content (AvgIpc) is 2.97. The number of amides is 1. The fraction of sp³-hybridized carbons (Fsp3) is 0.769. The molecule has 1 aliphatic rings. The van der Waals surface area contributed by atoms with Crippen LogP contribution in [0.2, 0.25) is 0 Å². The Morgan fingerprint density at radius 2 is 2.47 bits per heavy atom. The largest absolute Gasteiger partial charge is 0.372 e. The second-order valence-electron chi connectivity index (χ2n) is 4.88. The molecule has 0 unspecified atom stereocenters. The molecule has 0 spiro atoms. The van der Waals surface area contributed by atoms with E-state index in [1.54, 1.807) is 0 Å². The molecule has 2 heterocycles. The van der Waals surface area contributed by atoms with Crippen molar-refractivity contribution in [1.82, 2.24) is 20.1 Å². The lowest BCUT2D eigenvalue weighted by Gasteiger charge is -2.34. The number of carbonyl (C=O) groups excluding carboxylic acids is 1. The van der Waals surface area contributed by atoms with Gasteiger partial charge in [0.25, 0.3) is 0 Å². The molecular weight excluding hydrogens is 244 g/mol. The Kier molecular flexibility index (Phi) is 5.32. The van der Waals surface area contributed by atoms with Gasteiger partial charge >= 0.3 is 0 Å². The first-order valence-corrected chi connectivity index (χ1v) is 7.05. The Bertz CT molecular complexity index is 380. The van der Waals surface area contributed by atoms with Crippen molar-refractivity contribution in [3.8, 4) is 0 Å². The molecule has 0 aliphatic carbocycles. The fourth-order valence-corrected chi connectivity index (χ4v) is 2.38. The van der Waals surface area contributed by atoms with E-state index in [4.69, 9.17) is 4.74 Å². The lowest BCUT2D eigenvalue weighted by molar-refractivity contribution is -0.140. The van der Waals surface area contributed by atoms with E-state index >= 15 is 0 Å². The second kappa shape index (κ2) is 7.23. The van der Waals surface area contributed by atoms with E-state index in [2.05, 4.69) is 22.1 Å². The van der Waals surface area contributed by atoms with Crippen molar-refractivity contribution < 1.29 is 9.53 Å². The topological polar surface area (TPSA) is 71.1 Å². The van der Waals surface area contributed by atoms with Gasteiger partial charge in [0.15, 0.2) is 0 Å². The van der Waals surface area contributed by atoms with Crippen molar-refractivity contribution in [3.05, 3.63) is 12.2 Å². The third-order valence-corrected chi connectivity index (χ3v) is 3.44. The minimum atomic E-state index is 0.0264. The number of rotatable bonds is 6. The number of unbranched alkanes of at least 4 members (excludes halogenated alkanes) is 1. The summed E-state index contributed by atoms with van der Waals surface area (Å²) >= 11 is 0. The quantitative estimate of drug-likeness (QED) is 0.795. The van der Waals surface area contributed by atoms with Gasteiger partial charge in [0, 0.05) is 13.2 Å². The highest BCUT2D eigenvalue weighted by molar-refractivity contribution is 5.78. The van der Waals surface area contributed by atoms with E-state index in [1.807, 2.05) is 4.90 Å². The maximum atomic E-state index is 12.2. The molecule has 0 aromatic carbocycles. The van der Waals surface area contributed by atoms with Gasteiger partial charge in [-0.1, -0.05) is 13.3 Å². The molecule has 1 aliphatic heterocycles. The minimum Gasteiger partial charge on any atom is -0.372 e. The average molecular weight is 266 g/mol. The molecule has 2 rings (SSSR count). The van der Waals surface area contributed by atoms with Crippen LogP contribution in [-0.4, -0.2) is 45.7 Å². The zero-order chi connectivity index (χ0) is 13.5. The van der Waals surface area contributed by atoms with Crippen molar-refractivity contribution in [2.75, 3.05) is 19.8 Å². The van der Waals surface area contributed by atoms with Crippen molar-refractivity contribution in [2.45, 2.75) is 45.1 Å². The highest BCUT2D eigenvalue weighted by Crippen LogP contribution is 2.28. The Hall–Kier alpha value is -1.43. The number of carbonyl (C=O) groups is 1. The van der Waals surface area contributed by atoms with Crippen LogP contribution in [0, 0.1) is 0 Å². The summed E-state index contributed by atoms with van der Waals surface area (Å²) in [7, 11) is 0. The number of hydrogen-bond donors (Lipinski definition) is 1. The molecule has 0 radical (unpaired) electrons. The summed E-state index contributed by atoms with van der Waals surface area (Å²) in [6.45, 7) is 3.71. The fourth-order valence-electron chi connectivity index (χ4n) is 2.38. The van der Waals surface area contributed by atoms with Crippen LogP contribution in [0.4, 0.5) is 0 Å². The number of piperidine rings is 1. The molecule has 6 heteroatoms. The van der Waals surface area contributed by atoms with Crippen LogP contribution in [0.1, 0.15) is 50.9 Å². The van der Waals surface area contributed by atoms with Crippen molar-refractivity contribution >= 4 is 5.91 Å². The van der Waals surface area contributed by atoms with E-state index in [-0.39, 0.29) is 18.6 Å². The van der Waals surface area contributed by atoms with Crippen LogP contribution in [0.15, 0.2) is 6.33 Å². The highest BCUT2D eigenvalue weighted by atomic mass is 16.5. The monoisotopic (exact) mass is 266 g/mol. The number of aromatic nitrogens is 3. The molecule has 106 valence electrons. The summed E-state index contributed by atoms with van der Waals surface area (Å²) in [4.78, 5) is 18.3. The number of aromatic amines is 1. The van der Waals surface area contributed by atoms with E-state index in [1.165, 1.54) is 6.33 Å². The molecular formula is C13H22N4O2. The molecule has 1 atom stereocenters. The molecule has 1 N–H and O–H groups in total. The zero-order valence-electron chi connectivity index (χ0n) is 11.5. The molecule has 1 amide bonds. The standard InChI is InChI=1S/C13H22N4O2/c1-2-3-8-19-9-12(18)17-7-5-4-6-11(17)13-14-10-15-16-13/h10-11H,2-9H2,1H3,(H,14,15,16)/t11-/m0/s1. The van der Waals surface area contributed by atoms with Crippen LogP contribution in [0.25, 0.3) is 0 Å². The van der Waals surface area contributed by atoms with Crippen LogP contribution in [0.5, 0.6) is 0 Å². The number of likely N-dealkylation sites (tertiary alicyclic amines) is 1. The van der Waals surface area contributed by atoms with Gasteiger partial charge in [0.05, 0.1) is 6.04 Å². The Labute approximate surface area is 113 Å². The summed E-state index contributed by atoms with van der Waals surface area (Å²) in [5.41, 5.74) is 0. The number of ether oxygens (including phenoxy) is 1. The van der Waals surface area contributed by atoms with E-state index < -0.39 is 0 Å². The Morgan fingerprint density at radius 3 is 3.21 bits per heavy atom. The Morgan fingerprint density at radius 1 is 1.58 bits per heavy atom. The highest BCUT2D eigenvalue weighted by Gasteiger charge is 2.29. The first-order valence-electron chi connectivity index (χ1n) is 7.05. The summed E-state index contributed by atoms with van der Waals surface area (Å²) in [5, 5.41) is 6.74. The molecule has 0 bridgehead atoms. The van der Waals surface area contributed by atoms with Crippen molar-refractivity contribution in [3.63, 3.8) is 0 Å². The van der Waals surface area contributed by atoms with E-state index in [0.717, 1.165) is 44.5 Å². The van der Waals surface area contributed by atoms with E-state index in [0.29, 0.717) is 6.61 Å². The van der Waals surface area contributed by atoms with Crippen molar-refractivity contribution in [1.29, 1.82) is 0 Å². The predicted molar refractivity (Wildman–Crippen MR) is 70.4 cm³/mol. The van der Waals surface area contributed by atoms with Gasteiger partial charge in [-0.05, 0) is 25.7 Å². The first-order chi connectivity index (χ1) is 9.33. The maximum Gasteiger partial charge on any atom is 0.249 e. The van der Waals surface area contributed by atoms with Gasteiger partial charge in [-0.25, -0.2) is 4.98 Å². The third kappa shape index (κ3) is 3.76. The SMILES string of the molecule is CCCCOCC(=O)N1CCCC[C@H]1c1ncn[nH]1. The molecule has 1 saturated heterocycles. The van der Waals surface area contributed by atoms with Crippen LogP contribution in [-0.2, 0) is 9.53 Å². The lowest BCUT2D eigenvalue weighted by Crippen LogP contribution is -2.41. The second-order valence-corrected chi connectivity index (χ2v) is 4.88. The number of hydrogen-bond acceptors (Lipinski definition) is 4. The molecule has 1 aromatic heterocycles. The Balaban J connectivity index is 1.90. The van der Waals surface area contributed by atoms with Gasteiger partial charge in [-0.15, -0.1) is 0 Å². The van der Waals surface area contributed by atoms with E-state index in [9.17, 15) is 4.79 Å². The minimum absolute atomic E-state index is 0.0264. The van der Waals surface area contributed by atoms with Crippen LogP contribution in [0.3, 0.4) is 0 Å². The van der Waals surface area contributed by atoms with Gasteiger partial charge in [-0.2, -0.15) is 5.10 Å². The van der Waals surface area contributed by atoms with Gasteiger partial charge in [0.1, 0.15) is 18.8 Å². The normalized spacial score (nSPS) is 19.6. The lowest BCUT2D eigenvalue weighted by atomic mass is 10.0. The zero-order valence-corrected chi connectivity index (χ0v) is 11.5. The smallest absolute Gasteiger partial charge is 0.249 e. The van der Waals surface area contributed by atoms with Gasteiger partial charge < -0.3 is 9.64 Å². The van der Waals surface area contributed by atoms with Crippen LogP contribution < -0.4 is 0 Å². The molecule has 1 aromatic rings. The summed E-state index contributed by atoms with van der Waals surface area (Å²) in [5.74, 6) is 0.832. The number of nitrogens with zero attached hydrogens (tertiary/aromatic N) is 3. The summed E-state index contributed by atoms with van der Waals surface area (Å²) < 4.78 is 5.42. The molecule has 1 fully saturated rings. The molecule has 19 heavy (non-hydrogen) atoms. The first kappa shape index (κ1) is 14.0. The number of H-pyrrole nitrogens is 1. The molecule has 0 saturated carbocycles. The van der Waals surface area contributed by atoms with Crippen LogP contribution >= 0.6 is 0 Å².